The molecule has 114 valence electrons. The van der Waals surface area contributed by atoms with E-state index >= 15 is 0 Å². The summed E-state index contributed by atoms with van der Waals surface area (Å²) in [6, 6.07) is 0. The van der Waals surface area contributed by atoms with Crippen LogP contribution in [0.5, 0.6) is 0 Å². The zero-order chi connectivity index (χ0) is 14.7. The Kier molecular flexibility index (Phi) is 11.0. The van der Waals surface area contributed by atoms with Crippen molar-refractivity contribution in [2.75, 3.05) is 6.61 Å². The quantitative estimate of drug-likeness (QED) is 0.482. The SMILES string of the molecule is CCOC(=O)C[C@H](C)CCC[C@H](C)CCCC(C)C. The molecule has 0 unspecified atom stereocenters. The topological polar surface area (TPSA) is 26.3 Å². The molecular formula is C17H34O2. The van der Waals surface area contributed by atoms with Crippen molar-refractivity contribution in [1.82, 2.24) is 0 Å². The lowest BCUT2D eigenvalue weighted by Crippen LogP contribution is -2.09. The van der Waals surface area contributed by atoms with Crippen molar-refractivity contribution in [3.8, 4) is 0 Å². The van der Waals surface area contributed by atoms with Crippen LogP contribution in [0.4, 0.5) is 0 Å². The van der Waals surface area contributed by atoms with Crippen molar-refractivity contribution in [3.05, 3.63) is 0 Å². The number of ether oxygens (including phenoxy) is 1. The molecule has 0 saturated heterocycles. The molecule has 19 heavy (non-hydrogen) atoms. The van der Waals surface area contributed by atoms with Crippen LogP contribution in [0.25, 0.3) is 0 Å². The molecular weight excluding hydrogens is 236 g/mol. The lowest BCUT2D eigenvalue weighted by Gasteiger charge is -2.14. The number of rotatable bonds is 11. The van der Waals surface area contributed by atoms with E-state index in [1.54, 1.807) is 0 Å². The maximum Gasteiger partial charge on any atom is 0.306 e. The van der Waals surface area contributed by atoms with E-state index in [-0.39, 0.29) is 5.97 Å². The Bertz CT molecular complexity index is 223. The third kappa shape index (κ3) is 12.3. The third-order valence-electron chi connectivity index (χ3n) is 3.69. The second kappa shape index (κ2) is 11.3. The van der Waals surface area contributed by atoms with Crippen molar-refractivity contribution in [2.45, 2.75) is 79.6 Å². The minimum Gasteiger partial charge on any atom is -0.466 e. The van der Waals surface area contributed by atoms with Crippen LogP contribution in [-0.2, 0) is 9.53 Å². The van der Waals surface area contributed by atoms with Gasteiger partial charge in [0.05, 0.1) is 6.61 Å². The molecule has 2 heteroatoms. The van der Waals surface area contributed by atoms with E-state index in [0.29, 0.717) is 18.9 Å². The highest BCUT2D eigenvalue weighted by molar-refractivity contribution is 5.69. The van der Waals surface area contributed by atoms with Crippen molar-refractivity contribution >= 4 is 5.97 Å². The maximum absolute atomic E-state index is 11.3. The van der Waals surface area contributed by atoms with E-state index in [1.807, 2.05) is 6.92 Å². The minimum atomic E-state index is -0.0417. The molecule has 0 amide bonds. The summed E-state index contributed by atoms with van der Waals surface area (Å²) in [5.41, 5.74) is 0. The van der Waals surface area contributed by atoms with Crippen LogP contribution in [0.3, 0.4) is 0 Å². The Morgan fingerprint density at radius 2 is 1.42 bits per heavy atom. The average Bonchev–Trinajstić information content (AvgIpc) is 2.28. The van der Waals surface area contributed by atoms with Crippen LogP contribution < -0.4 is 0 Å². The average molecular weight is 270 g/mol. The number of hydrogen-bond donors (Lipinski definition) is 0. The van der Waals surface area contributed by atoms with Crippen LogP contribution in [0.15, 0.2) is 0 Å². The van der Waals surface area contributed by atoms with E-state index in [9.17, 15) is 4.79 Å². The summed E-state index contributed by atoms with van der Waals surface area (Å²) in [6.45, 7) is 11.5. The molecule has 0 aliphatic rings. The molecule has 0 aromatic carbocycles. The second-order valence-electron chi connectivity index (χ2n) is 6.48. The standard InChI is InChI=1S/C17H34O2/c1-6-19-17(18)13-16(5)12-8-11-15(4)10-7-9-14(2)3/h14-16H,6-13H2,1-5H3/t15-,16-/m1/s1. The number of hydrogen-bond acceptors (Lipinski definition) is 2. The summed E-state index contributed by atoms with van der Waals surface area (Å²) in [6.07, 6.45) is 8.32. The molecule has 0 aromatic heterocycles. The molecule has 0 fully saturated rings. The predicted molar refractivity (Wildman–Crippen MR) is 82.1 cm³/mol. The molecule has 0 bridgehead atoms. The molecule has 0 aliphatic carbocycles. The highest BCUT2D eigenvalue weighted by atomic mass is 16.5. The van der Waals surface area contributed by atoms with Crippen molar-refractivity contribution in [1.29, 1.82) is 0 Å². The molecule has 2 nitrogen and oxygen atoms in total. The lowest BCUT2D eigenvalue weighted by atomic mass is 9.93. The second-order valence-corrected chi connectivity index (χ2v) is 6.48. The first-order chi connectivity index (χ1) is 8.95. The van der Waals surface area contributed by atoms with E-state index in [4.69, 9.17) is 4.74 Å². The maximum atomic E-state index is 11.3. The molecule has 0 saturated carbocycles. The molecule has 0 spiro atoms. The largest absolute Gasteiger partial charge is 0.466 e. The Labute approximate surface area is 120 Å². The first-order valence-corrected chi connectivity index (χ1v) is 8.11. The van der Waals surface area contributed by atoms with Crippen LogP contribution >= 0.6 is 0 Å². The van der Waals surface area contributed by atoms with Gasteiger partial charge in [-0.3, -0.25) is 4.79 Å². The normalized spacial score (nSPS) is 14.4. The molecule has 2 atom stereocenters. The fourth-order valence-corrected chi connectivity index (χ4v) is 2.44. The Hall–Kier alpha value is -0.530. The van der Waals surface area contributed by atoms with Gasteiger partial charge in [-0.15, -0.1) is 0 Å². The molecule has 0 aromatic rings. The van der Waals surface area contributed by atoms with Gasteiger partial charge in [-0.25, -0.2) is 0 Å². The van der Waals surface area contributed by atoms with Crippen LogP contribution in [0.2, 0.25) is 0 Å². The van der Waals surface area contributed by atoms with Gasteiger partial charge < -0.3 is 4.74 Å². The highest BCUT2D eigenvalue weighted by Gasteiger charge is 2.10. The minimum absolute atomic E-state index is 0.0417. The zero-order valence-corrected chi connectivity index (χ0v) is 13.7. The fourth-order valence-electron chi connectivity index (χ4n) is 2.44. The Morgan fingerprint density at radius 1 is 0.895 bits per heavy atom. The number of carbonyl (C=O) groups excluding carboxylic acids is 1. The van der Waals surface area contributed by atoms with Crippen molar-refractivity contribution in [2.24, 2.45) is 17.8 Å². The lowest BCUT2D eigenvalue weighted by molar-refractivity contribution is -0.144. The molecule has 0 heterocycles. The summed E-state index contributed by atoms with van der Waals surface area (Å²) in [5, 5.41) is 0. The number of carbonyl (C=O) groups is 1. The Morgan fingerprint density at radius 3 is 1.95 bits per heavy atom. The molecule has 0 N–H and O–H groups in total. The predicted octanol–water partition coefficient (Wildman–Crippen LogP) is 5.21. The van der Waals surface area contributed by atoms with Crippen molar-refractivity contribution < 1.29 is 9.53 Å². The van der Waals surface area contributed by atoms with E-state index in [0.717, 1.165) is 18.3 Å². The monoisotopic (exact) mass is 270 g/mol. The first-order valence-electron chi connectivity index (χ1n) is 8.11. The third-order valence-corrected chi connectivity index (χ3v) is 3.69. The van der Waals surface area contributed by atoms with Gasteiger partial charge in [0.2, 0.25) is 0 Å². The Balaban J connectivity index is 3.52. The van der Waals surface area contributed by atoms with E-state index in [1.165, 1.54) is 32.1 Å². The smallest absolute Gasteiger partial charge is 0.306 e. The van der Waals surface area contributed by atoms with E-state index < -0.39 is 0 Å². The summed E-state index contributed by atoms with van der Waals surface area (Å²) >= 11 is 0. The van der Waals surface area contributed by atoms with Crippen LogP contribution in [0.1, 0.15) is 79.6 Å². The molecule has 0 radical (unpaired) electrons. The van der Waals surface area contributed by atoms with Gasteiger partial charge >= 0.3 is 5.97 Å². The fraction of sp³-hybridized carbons (Fsp3) is 0.941. The summed E-state index contributed by atoms with van der Waals surface area (Å²) < 4.78 is 4.98. The van der Waals surface area contributed by atoms with Crippen LogP contribution in [0, 0.1) is 17.8 Å². The summed E-state index contributed by atoms with van der Waals surface area (Å²) in [4.78, 5) is 11.3. The van der Waals surface area contributed by atoms with Crippen LogP contribution in [-0.4, -0.2) is 12.6 Å². The van der Waals surface area contributed by atoms with Gasteiger partial charge in [-0.1, -0.05) is 66.2 Å². The van der Waals surface area contributed by atoms with Gasteiger partial charge in [0, 0.05) is 6.42 Å². The van der Waals surface area contributed by atoms with Gasteiger partial charge in [0.15, 0.2) is 0 Å². The molecule has 0 rings (SSSR count). The zero-order valence-electron chi connectivity index (χ0n) is 13.7. The van der Waals surface area contributed by atoms with Gasteiger partial charge in [0.1, 0.15) is 0 Å². The van der Waals surface area contributed by atoms with Gasteiger partial charge in [0.25, 0.3) is 0 Å². The number of esters is 1. The molecule has 0 aliphatic heterocycles. The first kappa shape index (κ1) is 18.5. The summed E-state index contributed by atoms with van der Waals surface area (Å²) in [5.74, 6) is 2.08. The van der Waals surface area contributed by atoms with Gasteiger partial charge in [-0.2, -0.15) is 0 Å². The van der Waals surface area contributed by atoms with Crippen molar-refractivity contribution in [3.63, 3.8) is 0 Å². The summed E-state index contributed by atoms with van der Waals surface area (Å²) in [7, 11) is 0. The highest BCUT2D eigenvalue weighted by Crippen LogP contribution is 2.20. The van der Waals surface area contributed by atoms with Gasteiger partial charge in [-0.05, 0) is 24.7 Å². The van der Waals surface area contributed by atoms with E-state index in [2.05, 4.69) is 27.7 Å².